The Morgan fingerprint density at radius 3 is 2.18 bits per heavy atom. The van der Waals surface area contributed by atoms with E-state index in [1.54, 1.807) is 0 Å². The Morgan fingerprint density at radius 1 is 1.12 bits per heavy atom. The van der Waals surface area contributed by atoms with Crippen molar-refractivity contribution in [3.63, 3.8) is 0 Å². The maximum absolute atomic E-state index is 11.8. The van der Waals surface area contributed by atoms with Crippen LogP contribution in [0.2, 0.25) is 0 Å². The molecule has 0 radical (unpaired) electrons. The molecule has 17 heavy (non-hydrogen) atoms. The Balaban J connectivity index is 3.74. The highest BCUT2D eigenvalue weighted by Crippen LogP contribution is 2.02. The first-order valence-electron chi connectivity index (χ1n) is 7.04. The van der Waals surface area contributed by atoms with E-state index in [1.165, 1.54) is 6.42 Å². The number of nitrogens with one attached hydrogen (secondary N) is 2. The summed E-state index contributed by atoms with van der Waals surface area (Å²) in [5.41, 5.74) is 0. The molecule has 1 amide bonds. The second-order valence-corrected chi connectivity index (χ2v) is 5.23. The smallest absolute Gasteiger partial charge is 0.237 e. The monoisotopic (exact) mass is 242 g/mol. The Kier molecular flexibility index (Phi) is 9.14. The average Bonchev–Trinajstić information content (AvgIpc) is 2.30. The lowest BCUT2D eigenvalue weighted by molar-refractivity contribution is -0.123. The number of hydrogen-bond donors (Lipinski definition) is 2. The zero-order valence-electron chi connectivity index (χ0n) is 12.2. The summed E-state index contributed by atoms with van der Waals surface area (Å²) in [7, 11) is 0. The van der Waals surface area contributed by atoms with Crippen molar-refractivity contribution < 1.29 is 4.79 Å². The molecule has 0 aromatic rings. The second-order valence-electron chi connectivity index (χ2n) is 5.23. The molecule has 0 bridgehead atoms. The maximum atomic E-state index is 11.8. The largest absolute Gasteiger partial charge is 0.352 e. The third-order valence-corrected chi connectivity index (χ3v) is 3.13. The van der Waals surface area contributed by atoms with Crippen LogP contribution in [0.3, 0.4) is 0 Å². The topological polar surface area (TPSA) is 41.1 Å². The van der Waals surface area contributed by atoms with E-state index in [4.69, 9.17) is 0 Å². The fourth-order valence-corrected chi connectivity index (χ4v) is 1.74. The minimum atomic E-state index is -0.0808. The van der Waals surface area contributed by atoms with Crippen LogP contribution >= 0.6 is 0 Å². The van der Waals surface area contributed by atoms with Crippen molar-refractivity contribution in [1.29, 1.82) is 0 Å². The fraction of sp³-hybridized carbons (Fsp3) is 0.929. The first-order valence-corrected chi connectivity index (χ1v) is 7.04. The lowest BCUT2D eigenvalue weighted by atomic mass is 10.1. The van der Waals surface area contributed by atoms with E-state index in [9.17, 15) is 4.79 Å². The zero-order chi connectivity index (χ0) is 13.3. The summed E-state index contributed by atoms with van der Waals surface area (Å²) in [6.45, 7) is 11.5. The minimum Gasteiger partial charge on any atom is -0.352 e. The third-order valence-electron chi connectivity index (χ3n) is 3.13. The summed E-state index contributed by atoms with van der Waals surface area (Å²) in [5, 5.41) is 6.34. The molecule has 102 valence electrons. The van der Waals surface area contributed by atoms with E-state index in [0.717, 1.165) is 31.7 Å². The summed E-state index contributed by atoms with van der Waals surface area (Å²) >= 11 is 0. The molecule has 3 heteroatoms. The van der Waals surface area contributed by atoms with Gasteiger partial charge in [-0.1, -0.05) is 27.7 Å². The zero-order valence-corrected chi connectivity index (χ0v) is 12.2. The van der Waals surface area contributed by atoms with Gasteiger partial charge in [-0.05, 0) is 45.1 Å². The number of hydrogen-bond acceptors (Lipinski definition) is 2. The number of carbonyl (C=O) groups is 1. The number of carbonyl (C=O) groups excluding carboxylic acids is 1. The van der Waals surface area contributed by atoms with Crippen LogP contribution in [-0.4, -0.2) is 24.5 Å². The Hall–Kier alpha value is -0.570. The summed E-state index contributed by atoms with van der Waals surface area (Å²) in [5.74, 6) is 0.869. The van der Waals surface area contributed by atoms with Gasteiger partial charge in [-0.3, -0.25) is 4.79 Å². The molecule has 0 aliphatic heterocycles. The highest BCUT2D eigenvalue weighted by molar-refractivity contribution is 5.81. The van der Waals surface area contributed by atoms with Crippen LogP contribution in [0.4, 0.5) is 0 Å². The molecule has 1 atom stereocenters. The van der Waals surface area contributed by atoms with Crippen molar-refractivity contribution in [3.05, 3.63) is 0 Å². The van der Waals surface area contributed by atoms with Gasteiger partial charge in [0, 0.05) is 6.04 Å². The van der Waals surface area contributed by atoms with Crippen LogP contribution in [0, 0.1) is 5.92 Å². The van der Waals surface area contributed by atoms with Crippen LogP contribution in [0.25, 0.3) is 0 Å². The van der Waals surface area contributed by atoms with E-state index in [0.29, 0.717) is 6.04 Å². The lowest BCUT2D eigenvalue weighted by Crippen LogP contribution is -2.46. The van der Waals surface area contributed by atoms with Crippen LogP contribution in [0.15, 0.2) is 0 Å². The van der Waals surface area contributed by atoms with Crippen LogP contribution in [0.1, 0.15) is 60.3 Å². The maximum Gasteiger partial charge on any atom is 0.237 e. The normalized spacial score (nSPS) is 13.1. The molecule has 0 spiro atoms. The molecule has 0 aliphatic rings. The minimum absolute atomic E-state index is 0.0808. The Morgan fingerprint density at radius 2 is 1.71 bits per heavy atom. The van der Waals surface area contributed by atoms with Crippen molar-refractivity contribution in [2.45, 2.75) is 72.4 Å². The second kappa shape index (κ2) is 9.46. The molecule has 1 unspecified atom stereocenters. The van der Waals surface area contributed by atoms with Crippen molar-refractivity contribution in [2.24, 2.45) is 5.92 Å². The molecule has 0 heterocycles. The van der Waals surface area contributed by atoms with Crippen LogP contribution in [0.5, 0.6) is 0 Å². The van der Waals surface area contributed by atoms with Gasteiger partial charge >= 0.3 is 0 Å². The van der Waals surface area contributed by atoms with Crippen molar-refractivity contribution >= 4 is 5.91 Å². The SMILES string of the molecule is CCC(CC)NC(=O)C(C)NCCCC(C)C. The Bertz CT molecular complexity index is 200. The van der Waals surface area contributed by atoms with Gasteiger partial charge in [-0.2, -0.15) is 0 Å². The van der Waals surface area contributed by atoms with Crippen LogP contribution < -0.4 is 10.6 Å². The van der Waals surface area contributed by atoms with E-state index in [1.807, 2.05) is 6.92 Å². The highest BCUT2D eigenvalue weighted by Gasteiger charge is 2.14. The number of amides is 1. The van der Waals surface area contributed by atoms with Gasteiger partial charge < -0.3 is 10.6 Å². The van der Waals surface area contributed by atoms with Crippen molar-refractivity contribution in [3.8, 4) is 0 Å². The molecule has 0 aromatic carbocycles. The standard InChI is InChI=1S/C14H30N2O/c1-6-13(7-2)16-14(17)12(5)15-10-8-9-11(3)4/h11-13,15H,6-10H2,1-5H3,(H,16,17). The van der Waals surface area contributed by atoms with Gasteiger partial charge in [0.1, 0.15) is 0 Å². The highest BCUT2D eigenvalue weighted by atomic mass is 16.2. The predicted octanol–water partition coefficient (Wildman–Crippen LogP) is 2.71. The molecule has 2 N–H and O–H groups in total. The molecular formula is C14H30N2O. The molecule has 0 rings (SSSR count). The van der Waals surface area contributed by atoms with Gasteiger partial charge in [0.05, 0.1) is 6.04 Å². The molecular weight excluding hydrogens is 212 g/mol. The molecule has 0 saturated carbocycles. The predicted molar refractivity (Wildman–Crippen MR) is 74.0 cm³/mol. The van der Waals surface area contributed by atoms with E-state index >= 15 is 0 Å². The summed E-state index contributed by atoms with van der Waals surface area (Å²) in [4.78, 5) is 11.8. The summed E-state index contributed by atoms with van der Waals surface area (Å²) in [6, 6.07) is 0.241. The fourth-order valence-electron chi connectivity index (χ4n) is 1.74. The summed E-state index contributed by atoms with van der Waals surface area (Å²) in [6.07, 6.45) is 4.36. The molecule has 3 nitrogen and oxygen atoms in total. The average molecular weight is 242 g/mol. The summed E-state index contributed by atoms with van der Waals surface area (Å²) < 4.78 is 0. The van der Waals surface area contributed by atoms with Gasteiger partial charge in [-0.25, -0.2) is 0 Å². The third kappa shape index (κ3) is 8.19. The molecule has 0 saturated heterocycles. The van der Waals surface area contributed by atoms with Crippen molar-refractivity contribution in [2.75, 3.05) is 6.54 Å². The van der Waals surface area contributed by atoms with Crippen LogP contribution in [-0.2, 0) is 4.79 Å². The number of rotatable bonds is 9. The van der Waals surface area contributed by atoms with Crippen molar-refractivity contribution in [1.82, 2.24) is 10.6 Å². The molecule has 0 aliphatic carbocycles. The van der Waals surface area contributed by atoms with Gasteiger partial charge in [0.25, 0.3) is 0 Å². The quantitative estimate of drug-likeness (QED) is 0.610. The van der Waals surface area contributed by atoms with E-state index < -0.39 is 0 Å². The van der Waals surface area contributed by atoms with Gasteiger partial charge in [0.15, 0.2) is 0 Å². The first-order chi connectivity index (χ1) is 8.01. The molecule has 0 fully saturated rings. The van der Waals surface area contributed by atoms with Gasteiger partial charge in [0.2, 0.25) is 5.91 Å². The lowest BCUT2D eigenvalue weighted by Gasteiger charge is -2.19. The Labute approximate surface area is 107 Å². The van der Waals surface area contributed by atoms with Gasteiger partial charge in [-0.15, -0.1) is 0 Å². The van der Waals surface area contributed by atoms with E-state index in [-0.39, 0.29) is 11.9 Å². The van der Waals surface area contributed by atoms with E-state index in [2.05, 4.69) is 38.3 Å². The first kappa shape index (κ1) is 16.4. The molecule has 0 aromatic heterocycles.